The van der Waals surface area contributed by atoms with E-state index in [1.54, 1.807) is 18.2 Å². The predicted molar refractivity (Wildman–Crippen MR) is 77.8 cm³/mol. The van der Waals surface area contributed by atoms with E-state index in [4.69, 9.17) is 11.6 Å². The molecule has 0 radical (unpaired) electrons. The summed E-state index contributed by atoms with van der Waals surface area (Å²) in [5, 5.41) is 12.6. The lowest BCUT2D eigenvalue weighted by Crippen LogP contribution is -2.34. The highest BCUT2D eigenvalue weighted by Crippen LogP contribution is 2.28. The number of hydrogen-bond donors (Lipinski definition) is 2. The molecule has 1 amide bonds. The largest absolute Gasteiger partial charge is 0.481 e. The lowest BCUT2D eigenvalue weighted by atomic mass is 9.82. The highest BCUT2D eigenvalue weighted by molar-refractivity contribution is 6.30. The fraction of sp³-hybridized carbons (Fsp3) is 0.333. The van der Waals surface area contributed by atoms with Crippen molar-refractivity contribution < 1.29 is 14.7 Å². The Labute approximate surface area is 122 Å². The fourth-order valence-electron chi connectivity index (χ4n) is 2.37. The quantitative estimate of drug-likeness (QED) is 0.841. The lowest BCUT2D eigenvalue weighted by Gasteiger charge is -2.24. The molecule has 2 N–H and O–H groups in total. The van der Waals surface area contributed by atoms with Gasteiger partial charge < -0.3 is 10.4 Å². The fourth-order valence-corrected chi connectivity index (χ4v) is 2.60. The van der Waals surface area contributed by atoms with Gasteiger partial charge in [0.05, 0.1) is 11.8 Å². The monoisotopic (exact) mass is 293 g/mol. The highest BCUT2D eigenvalue weighted by Gasteiger charge is 2.34. The standard InChI is InChI=1S/C15H16ClNO3/c1-9-8-10(16)6-7-13(9)17-14(18)11-4-2-3-5-12(11)15(19)20/h2-3,6-8,11-12H,4-5H2,1H3,(H,17,18)(H,19,20)/t11-,12+/m1/s1. The van der Waals surface area contributed by atoms with E-state index >= 15 is 0 Å². The molecule has 2 rings (SSSR count). The summed E-state index contributed by atoms with van der Waals surface area (Å²) < 4.78 is 0. The van der Waals surface area contributed by atoms with Gasteiger partial charge in [-0.15, -0.1) is 0 Å². The number of allylic oxidation sites excluding steroid dienone is 2. The zero-order chi connectivity index (χ0) is 14.7. The number of halogens is 1. The third-order valence-electron chi connectivity index (χ3n) is 3.53. The molecule has 4 nitrogen and oxygen atoms in total. The van der Waals surface area contributed by atoms with Gasteiger partial charge in [0.15, 0.2) is 0 Å². The molecule has 2 atom stereocenters. The summed E-state index contributed by atoms with van der Waals surface area (Å²) in [5.74, 6) is -2.38. The van der Waals surface area contributed by atoms with Crippen LogP contribution in [0.2, 0.25) is 5.02 Å². The van der Waals surface area contributed by atoms with Crippen LogP contribution in [0, 0.1) is 18.8 Å². The van der Waals surface area contributed by atoms with Gasteiger partial charge in [0.25, 0.3) is 0 Å². The number of benzene rings is 1. The van der Waals surface area contributed by atoms with Crippen LogP contribution in [-0.2, 0) is 9.59 Å². The van der Waals surface area contributed by atoms with Crippen molar-refractivity contribution in [1.29, 1.82) is 0 Å². The molecule has 1 aliphatic rings. The van der Waals surface area contributed by atoms with Gasteiger partial charge in [-0.2, -0.15) is 0 Å². The number of anilines is 1. The highest BCUT2D eigenvalue weighted by atomic mass is 35.5. The van der Waals surface area contributed by atoms with Crippen molar-refractivity contribution in [2.45, 2.75) is 19.8 Å². The van der Waals surface area contributed by atoms with Crippen LogP contribution < -0.4 is 5.32 Å². The second-order valence-electron chi connectivity index (χ2n) is 4.94. The van der Waals surface area contributed by atoms with E-state index in [2.05, 4.69) is 5.32 Å². The summed E-state index contributed by atoms with van der Waals surface area (Å²) >= 11 is 5.87. The van der Waals surface area contributed by atoms with E-state index < -0.39 is 17.8 Å². The van der Waals surface area contributed by atoms with E-state index in [9.17, 15) is 14.7 Å². The van der Waals surface area contributed by atoms with Gasteiger partial charge in [-0.3, -0.25) is 9.59 Å². The summed E-state index contributed by atoms with van der Waals surface area (Å²) in [7, 11) is 0. The maximum Gasteiger partial charge on any atom is 0.307 e. The Hall–Kier alpha value is -1.81. The van der Waals surface area contributed by atoms with Gasteiger partial charge in [0.2, 0.25) is 5.91 Å². The van der Waals surface area contributed by atoms with Gasteiger partial charge in [-0.1, -0.05) is 23.8 Å². The van der Waals surface area contributed by atoms with Crippen molar-refractivity contribution in [3.8, 4) is 0 Å². The van der Waals surface area contributed by atoms with Crippen LogP contribution in [0.25, 0.3) is 0 Å². The van der Waals surface area contributed by atoms with Crippen LogP contribution in [0.5, 0.6) is 0 Å². The van der Waals surface area contributed by atoms with Crippen molar-refractivity contribution in [3.05, 3.63) is 40.9 Å². The van der Waals surface area contributed by atoms with Crippen molar-refractivity contribution >= 4 is 29.2 Å². The molecule has 5 heteroatoms. The second kappa shape index (κ2) is 6.09. The number of aryl methyl sites for hydroxylation is 1. The second-order valence-corrected chi connectivity index (χ2v) is 5.38. The molecule has 20 heavy (non-hydrogen) atoms. The average molecular weight is 294 g/mol. The molecule has 0 fully saturated rings. The summed E-state index contributed by atoms with van der Waals surface area (Å²) in [4.78, 5) is 23.5. The molecule has 1 aromatic carbocycles. The SMILES string of the molecule is Cc1cc(Cl)ccc1NC(=O)[C@@H]1CC=CC[C@@H]1C(=O)O. The first-order valence-electron chi connectivity index (χ1n) is 6.44. The number of hydrogen-bond acceptors (Lipinski definition) is 2. The van der Waals surface area contributed by atoms with Crippen molar-refractivity contribution in [2.75, 3.05) is 5.32 Å². The molecule has 1 aliphatic carbocycles. The number of carboxylic acids is 1. The van der Waals surface area contributed by atoms with E-state index in [-0.39, 0.29) is 5.91 Å². The molecule has 0 unspecified atom stereocenters. The summed E-state index contributed by atoms with van der Waals surface area (Å²) in [5.41, 5.74) is 1.52. The number of carbonyl (C=O) groups is 2. The molecule has 106 valence electrons. The summed E-state index contributed by atoms with van der Waals surface area (Å²) in [6.45, 7) is 1.84. The Morgan fingerprint density at radius 1 is 1.25 bits per heavy atom. The van der Waals surface area contributed by atoms with Crippen LogP contribution in [0.15, 0.2) is 30.4 Å². The maximum absolute atomic E-state index is 12.3. The Morgan fingerprint density at radius 2 is 1.90 bits per heavy atom. The third-order valence-corrected chi connectivity index (χ3v) is 3.77. The predicted octanol–water partition coefficient (Wildman–Crippen LogP) is 3.25. The van der Waals surface area contributed by atoms with Gasteiger partial charge >= 0.3 is 5.97 Å². The van der Waals surface area contributed by atoms with E-state index in [0.717, 1.165) is 5.56 Å². The first-order valence-corrected chi connectivity index (χ1v) is 6.81. The number of aliphatic carboxylic acids is 1. The van der Waals surface area contributed by atoms with Crippen molar-refractivity contribution in [1.82, 2.24) is 0 Å². The van der Waals surface area contributed by atoms with Gasteiger partial charge in [0, 0.05) is 10.7 Å². The Balaban J connectivity index is 2.14. The van der Waals surface area contributed by atoms with Crippen LogP contribution in [0.1, 0.15) is 18.4 Å². The minimum absolute atomic E-state index is 0.257. The van der Waals surface area contributed by atoms with Crippen LogP contribution in [0.3, 0.4) is 0 Å². The van der Waals surface area contributed by atoms with Crippen LogP contribution >= 0.6 is 11.6 Å². The zero-order valence-electron chi connectivity index (χ0n) is 11.1. The smallest absolute Gasteiger partial charge is 0.307 e. The van der Waals surface area contributed by atoms with Gasteiger partial charge in [-0.25, -0.2) is 0 Å². The number of nitrogens with one attached hydrogen (secondary N) is 1. The van der Waals surface area contributed by atoms with Gasteiger partial charge in [0.1, 0.15) is 0 Å². The molecule has 0 aliphatic heterocycles. The molecule has 0 bridgehead atoms. The molecular weight excluding hydrogens is 278 g/mol. The molecule has 0 heterocycles. The number of rotatable bonds is 3. The Bertz CT molecular complexity index is 568. The minimum atomic E-state index is -0.928. The van der Waals surface area contributed by atoms with Crippen LogP contribution in [-0.4, -0.2) is 17.0 Å². The molecule has 0 saturated carbocycles. The first-order chi connectivity index (χ1) is 9.49. The van der Waals surface area contributed by atoms with E-state index in [0.29, 0.717) is 23.6 Å². The lowest BCUT2D eigenvalue weighted by molar-refractivity contribution is -0.146. The normalized spacial score (nSPS) is 21.5. The summed E-state index contributed by atoms with van der Waals surface area (Å²) in [6.07, 6.45) is 4.52. The summed E-state index contributed by atoms with van der Waals surface area (Å²) in [6, 6.07) is 5.18. The minimum Gasteiger partial charge on any atom is -0.481 e. The van der Waals surface area contributed by atoms with Crippen LogP contribution in [0.4, 0.5) is 5.69 Å². The maximum atomic E-state index is 12.3. The van der Waals surface area contributed by atoms with E-state index in [1.807, 2.05) is 19.1 Å². The average Bonchev–Trinajstić information content (AvgIpc) is 2.41. The number of amides is 1. The molecular formula is C15H16ClNO3. The number of carbonyl (C=O) groups excluding carboxylic acids is 1. The topological polar surface area (TPSA) is 66.4 Å². The Kier molecular flexibility index (Phi) is 4.45. The Morgan fingerprint density at radius 3 is 2.50 bits per heavy atom. The zero-order valence-corrected chi connectivity index (χ0v) is 11.9. The molecule has 1 aromatic rings. The third kappa shape index (κ3) is 3.20. The van der Waals surface area contributed by atoms with E-state index in [1.165, 1.54) is 0 Å². The van der Waals surface area contributed by atoms with Gasteiger partial charge in [-0.05, 0) is 43.5 Å². The molecule has 0 aromatic heterocycles. The van der Waals surface area contributed by atoms with Crippen molar-refractivity contribution in [2.24, 2.45) is 11.8 Å². The molecule has 0 spiro atoms. The molecule has 0 saturated heterocycles. The first kappa shape index (κ1) is 14.6. The number of carboxylic acid groups (broad SMARTS) is 1. The van der Waals surface area contributed by atoms with Crippen molar-refractivity contribution in [3.63, 3.8) is 0 Å².